The highest BCUT2D eigenvalue weighted by molar-refractivity contribution is 9.10. The number of halogens is 2. The monoisotopic (exact) mass is 595 g/mol. The fraction of sp³-hybridized carbons (Fsp3) is 0.179. The Bertz CT molecular complexity index is 1720. The normalized spacial score (nSPS) is 15.3. The van der Waals surface area contributed by atoms with E-state index < -0.39 is 17.8 Å². The number of benzene rings is 2. The van der Waals surface area contributed by atoms with E-state index in [0.29, 0.717) is 37.8 Å². The molecule has 1 aliphatic heterocycles. The highest BCUT2D eigenvalue weighted by atomic mass is 79.9. The molecule has 0 radical (unpaired) electrons. The van der Waals surface area contributed by atoms with Gasteiger partial charge >= 0.3 is 5.97 Å². The maximum Gasteiger partial charge on any atom is 0.338 e. The number of thiazole rings is 1. The summed E-state index contributed by atoms with van der Waals surface area (Å²) in [5, 5.41) is 0. The molecule has 4 aromatic rings. The number of esters is 1. The second-order valence-electron chi connectivity index (χ2n) is 8.68. The van der Waals surface area contributed by atoms with Gasteiger partial charge in [-0.2, -0.15) is 0 Å². The molecule has 38 heavy (non-hydrogen) atoms. The van der Waals surface area contributed by atoms with Gasteiger partial charge in [0.05, 0.1) is 32.9 Å². The Labute approximate surface area is 229 Å². The first-order valence-corrected chi connectivity index (χ1v) is 13.4. The fourth-order valence-electron chi connectivity index (χ4n) is 4.28. The van der Waals surface area contributed by atoms with Gasteiger partial charge in [-0.05, 0) is 40.5 Å². The molecule has 0 saturated heterocycles. The van der Waals surface area contributed by atoms with Crippen molar-refractivity contribution in [3.05, 3.63) is 113 Å². The van der Waals surface area contributed by atoms with E-state index in [1.165, 1.54) is 28.0 Å². The number of ether oxygens (including phenoxy) is 1. The van der Waals surface area contributed by atoms with Crippen molar-refractivity contribution in [1.29, 1.82) is 0 Å². The number of anilines is 1. The molecule has 0 fully saturated rings. The lowest BCUT2D eigenvalue weighted by atomic mass is 9.93. The zero-order valence-corrected chi connectivity index (χ0v) is 23.2. The second kappa shape index (κ2) is 10.5. The van der Waals surface area contributed by atoms with Crippen LogP contribution >= 0.6 is 27.3 Å². The zero-order valence-electron chi connectivity index (χ0n) is 20.8. The van der Waals surface area contributed by atoms with Crippen LogP contribution in [-0.4, -0.2) is 31.2 Å². The molecule has 2 aromatic carbocycles. The first-order chi connectivity index (χ1) is 18.3. The molecule has 0 saturated carbocycles. The SMILES string of the molecule is CCOC(=O)C1=C(c2ccccc2)N=c2s/c(=C/c3cc(Br)c(N(C)C)o3)c(=O)n2[C@@H]1c1ccc(F)cc1. The van der Waals surface area contributed by atoms with Gasteiger partial charge in [-0.25, -0.2) is 14.2 Å². The first kappa shape index (κ1) is 25.9. The van der Waals surface area contributed by atoms with Crippen molar-refractivity contribution >= 4 is 50.9 Å². The fourth-order valence-corrected chi connectivity index (χ4v) is 5.92. The molecule has 0 N–H and O–H groups in total. The average molecular weight is 596 g/mol. The molecule has 1 atom stereocenters. The third-order valence-electron chi connectivity index (χ3n) is 5.93. The molecule has 0 amide bonds. The molecule has 3 heterocycles. The molecule has 2 aromatic heterocycles. The third-order valence-corrected chi connectivity index (χ3v) is 7.48. The van der Waals surface area contributed by atoms with E-state index in [1.54, 1.807) is 31.2 Å². The van der Waals surface area contributed by atoms with Gasteiger partial charge in [-0.1, -0.05) is 53.8 Å². The topological polar surface area (TPSA) is 77.0 Å². The predicted octanol–water partition coefficient (Wildman–Crippen LogP) is 4.50. The number of carbonyl (C=O) groups excluding carboxylic acids is 1. The molecular formula is C28H23BrFN3O4S. The molecular weight excluding hydrogens is 573 g/mol. The summed E-state index contributed by atoms with van der Waals surface area (Å²) in [5.41, 5.74) is 1.52. The molecule has 7 nitrogen and oxygen atoms in total. The molecule has 10 heteroatoms. The Morgan fingerprint density at radius 2 is 1.92 bits per heavy atom. The van der Waals surface area contributed by atoms with Gasteiger partial charge in [0.2, 0.25) is 5.88 Å². The van der Waals surface area contributed by atoms with Crippen molar-refractivity contribution in [3.63, 3.8) is 0 Å². The smallest absolute Gasteiger partial charge is 0.338 e. The highest BCUT2D eigenvalue weighted by Gasteiger charge is 2.35. The van der Waals surface area contributed by atoms with Gasteiger partial charge in [0, 0.05) is 31.8 Å². The van der Waals surface area contributed by atoms with E-state index in [9.17, 15) is 14.0 Å². The van der Waals surface area contributed by atoms with Crippen LogP contribution in [0.1, 0.15) is 29.9 Å². The van der Waals surface area contributed by atoms with Gasteiger partial charge in [-0.15, -0.1) is 0 Å². The Balaban J connectivity index is 1.80. The summed E-state index contributed by atoms with van der Waals surface area (Å²) in [7, 11) is 3.71. The minimum atomic E-state index is -0.871. The van der Waals surface area contributed by atoms with Crippen molar-refractivity contribution in [1.82, 2.24) is 4.57 Å². The number of carbonyl (C=O) groups is 1. The van der Waals surface area contributed by atoms with Crippen molar-refractivity contribution < 1.29 is 18.3 Å². The second-order valence-corrected chi connectivity index (χ2v) is 10.5. The lowest BCUT2D eigenvalue weighted by Gasteiger charge is -2.25. The van der Waals surface area contributed by atoms with Crippen molar-refractivity contribution in [2.75, 3.05) is 25.6 Å². The van der Waals surface area contributed by atoms with Crippen LogP contribution in [0.4, 0.5) is 10.3 Å². The number of aromatic nitrogens is 1. The summed E-state index contributed by atoms with van der Waals surface area (Å²) in [6.45, 7) is 1.86. The first-order valence-electron chi connectivity index (χ1n) is 11.8. The van der Waals surface area contributed by atoms with Crippen molar-refractivity contribution in [3.8, 4) is 0 Å². The minimum Gasteiger partial charge on any atom is -0.463 e. The minimum absolute atomic E-state index is 0.145. The highest BCUT2D eigenvalue weighted by Crippen LogP contribution is 2.35. The van der Waals surface area contributed by atoms with E-state index in [0.717, 1.165) is 4.47 Å². The molecule has 1 aliphatic rings. The average Bonchev–Trinajstić information content (AvgIpc) is 3.43. The van der Waals surface area contributed by atoms with Gasteiger partial charge in [0.15, 0.2) is 4.80 Å². The van der Waals surface area contributed by atoms with Gasteiger partial charge < -0.3 is 14.1 Å². The number of furan rings is 1. The molecule has 5 rings (SSSR count). The lowest BCUT2D eigenvalue weighted by Crippen LogP contribution is -2.40. The van der Waals surface area contributed by atoms with Crippen LogP contribution in [0, 0.1) is 5.82 Å². The maximum absolute atomic E-state index is 13.9. The van der Waals surface area contributed by atoms with Crippen LogP contribution in [0.2, 0.25) is 0 Å². The van der Waals surface area contributed by atoms with E-state index in [1.807, 2.05) is 49.3 Å². The molecule has 0 spiro atoms. The summed E-state index contributed by atoms with van der Waals surface area (Å²) in [6, 6.07) is 15.9. The van der Waals surface area contributed by atoms with Gasteiger partial charge in [-0.3, -0.25) is 9.36 Å². The van der Waals surface area contributed by atoms with Crippen LogP contribution in [0.15, 0.2) is 84.9 Å². The lowest BCUT2D eigenvalue weighted by molar-refractivity contribution is -0.138. The van der Waals surface area contributed by atoms with E-state index in [4.69, 9.17) is 14.1 Å². The van der Waals surface area contributed by atoms with Crippen LogP contribution in [0.5, 0.6) is 0 Å². The number of hydrogen-bond acceptors (Lipinski definition) is 7. The van der Waals surface area contributed by atoms with Crippen LogP contribution in [0.25, 0.3) is 11.8 Å². The van der Waals surface area contributed by atoms with E-state index >= 15 is 0 Å². The van der Waals surface area contributed by atoms with Gasteiger partial charge in [0.1, 0.15) is 11.6 Å². The summed E-state index contributed by atoms with van der Waals surface area (Å²) < 4.78 is 27.8. The van der Waals surface area contributed by atoms with Gasteiger partial charge in [0.25, 0.3) is 5.56 Å². The number of rotatable bonds is 6. The molecule has 0 bridgehead atoms. The summed E-state index contributed by atoms with van der Waals surface area (Å²) in [6.07, 6.45) is 1.65. The quantitative estimate of drug-likeness (QED) is 0.307. The van der Waals surface area contributed by atoms with E-state index in [-0.39, 0.29) is 17.7 Å². The Morgan fingerprint density at radius 1 is 1.21 bits per heavy atom. The third kappa shape index (κ3) is 4.77. The predicted molar refractivity (Wildman–Crippen MR) is 148 cm³/mol. The Hall–Kier alpha value is -3.76. The number of fused-ring (bicyclic) bond motifs is 1. The van der Waals surface area contributed by atoms with Crippen molar-refractivity contribution in [2.45, 2.75) is 13.0 Å². The summed E-state index contributed by atoms with van der Waals surface area (Å²) in [5.74, 6) is 0.0803. The van der Waals surface area contributed by atoms with Crippen molar-refractivity contribution in [2.24, 2.45) is 4.99 Å². The molecule has 194 valence electrons. The van der Waals surface area contributed by atoms with Crippen LogP contribution in [0.3, 0.4) is 0 Å². The standard InChI is InChI=1S/C28H23BrFN3O4S/c1-4-36-27(35)22-23(16-8-6-5-7-9-16)31-28-33(24(22)17-10-12-18(30)13-11-17)25(34)21(38-28)15-19-14-20(29)26(37-19)32(2)3/h5-15,24H,4H2,1-3H3/b21-15+/t24-/m1/s1. The van der Waals surface area contributed by atoms with Crippen LogP contribution < -0.4 is 19.8 Å². The largest absolute Gasteiger partial charge is 0.463 e. The maximum atomic E-state index is 13.9. The zero-order chi connectivity index (χ0) is 27.0. The number of hydrogen-bond donors (Lipinski definition) is 0. The summed E-state index contributed by atoms with van der Waals surface area (Å²) in [4.78, 5) is 34.2. The summed E-state index contributed by atoms with van der Waals surface area (Å²) >= 11 is 4.67. The van der Waals surface area contributed by atoms with E-state index in [2.05, 4.69) is 15.9 Å². The number of nitrogens with zero attached hydrogens (tertiary/aromatic N) is 3. The van der Waals surface area contributed by atoms with Crippen LogP contribution in [-0.2, 0) is 9.53 Å². The molecule has 0 aliphatic carbocycles. The molecule has 0 unspecified atom stereocenters. The Kier molecular flexibility index (Phi) is 7.18. The Morgan fingerprint density at radius 3 is 2.55 bits per heavy atom.